The van der Waals surface area contributed by atoms with Crippen molar-refractivity contribution >= 4 is 21.6 Å². The average Bonchev–Trinajstić information content (AvgIpc) is 2.49. The van der Waals surface area contributed by atoms with E-state index in [0.717, 1.165) is 17.4 Å². The van der Waals surface area contributed by atoms with Crippen LogP contribution in [-0.4, -0.2) is 20.6 Å². The fraction of sp³-hybridized carbons (Fsp3) is 0.333. The Hall–Kier alpha value is -1.32. The summed E-state index contributed by atoms with van der Waals surface area (Å²) < 4.78 is 1.13. The summed E-state index contributed by atoms with van der Waals surface area (Å²) in [4.78, 5) is 2.13. The SMILES string of the molecule is CCNC(Cc1ccc(Br)cc1)c1ccc(N(C)C)cc1. The number of hydrogen-bond acceptors (Lipinski definition) is 2. The van der Waals surface area contributed by atoms with Gasteiger partial charge in [0.05, 0.1) is 0 Å². The molecule has 0 aliphatic heterocycles. The Morgan fingerprint density at radius 3 is 2.14 bits per heavy atom. The summed E-state index contributed by atoms with van der Waals surface area (Å²) >= 11 is 3.49. The molecule has 0 aromatic heterocycles. The summed E-state index contributed by atoms with van der Waals surface area (Å²) in [6.45, 7) is 3.12. The highest BCUT2D eigenvalue weighted by molar-refractivity contribution is 9.10. The zero-order valence-corrected chi connectivity index (χ0v) is 14.5. The first-order valence-electron chi connectivity index (χ1n) is 7.35. The Kier molecular flexibility index (Phi) is 5.83. The quantitative estimate of drug-likeness (QED) is 0.833. The van der Waals surface area contributed by atoms with Gasteiger partial charge in [0, 0.05) is 30.3 Å². The van der Waals surface area contributed by atoms with Crippen molar-refractivity contribution in [1.82, 2.24) is 5.32 Å². The van der Waals surface area contributed by atoms with Crippen LogP contribution in [0.1, 0.15) is 24.1 Å². The molecule has 0 heterocycles. The second kappa shape index (κ2) is 7.62. The average molecular weight is 347 g/mol. The van der Waals surface area contributed by atoms with Crippen LogP contribution < -0.4 is 10.2 Å². The first kappa shape index (κ1) is 16.1. The number of nitrogens with zero attached hydrogens (tertiary/aromatic N) is 1. The molecule has 1 unspecified atom stereocenters. The van der Waals surface area contributed by atoms with Gasteiger partial charge in [-0.1, -0.05) is 47.1 Å². The molecule has 112 valence electrons. The molecule has 2 rings (SSSR count). The molecule has 0 bridgehead atoms. The predicted octanol–water partition coefficient (Wildman–Crippen LogP) is 4.41. The maximum atomic E-state index is 3.59. The lowest BCUT2D eigenvalue weighted by Gasteiger charge is -2.20. The molecule has 0 aliphatic rings. The van der Waals surface area contributed by atoms with E-state index in [1.807, 2.05) is 0 Å². The molecular formula is C18H23BrN2. The van der Waals surface area contributed by atoms with Gasteiger partial charge < -0.3 is 10.2 Å². The molecule has 0 spiro atoms. The van der Waals surface area contributed by atoms with Gasteiger partial charge in [0.25, 0.3) is 0 Å². The maximum absolute atomic E-state index is 3.59. The van der Waals surface area contributed by atoms with E-state index in [-0.39, 0.29) is 0 Å². The third kappa shape index (κ3) is 4.58. The second-order valence-corrected chi connectivity index (χ2v) is 6.34. The third-order valence-electron chi connectivity index (χ3n) is 3.62. The minimum atomic E-state index is 0.354. The van der Waals surface area contributed by atoms with Crippen molar-refractivity contribution in [3.8, 4) is 0 Å². The molecule has 1 atom stereocenters. The number of likely N-dealkylation sites (N-methyl/N-ethyl adjacent to an activating group) is 1. The first-order chi connectivity index (χ1) is 10.1. The summed E-state index contributed by atoms with van der Waals surface area (Å²) in [5, 5.41) is 3.59. The highest BCUT2D eigenvalue weighted by atomic mass is 79.9. The largest absolute Gasteiger partial charge is 0.378 e. The van der Waals surface area contributed by atoms with Crippen LogP contribution in [0.15, 0.2) is 53.0 Å². The number of benzene rings is 2. The smallest absolute Gasteiger partial charge is 0.0361 e. The normalized spacial score (nSPS) is 12.2. The van der Waals surface area contributed by atoms with E-state index >= 15 is 0 Å². The van der Waals surface area contributed by atoms with Gasteiger partial charge in [-0.15, -0.1) is 0 Å². The lowest BCUT2D eigenvalue weighted by atomic mass is 9.98. The second-order valence-electron chi connectivity index (χ2n) is 5.43. The molecule has 3 heteroatoms. The molecule has 2 aromatic carbocycles. The molecule has 0 saturated heterocycles. The molecule has 21 heavy (non-hydrogen) atoms. The van der Waals surface area contributed by atoms with Crippen molar-refractivity contribution in [2.75, 3.05) is 25.5 Å². The fourth-order valence-electron chi connectivity index (χ4n) is 2.42. The van der Waals surface area contributed by atoms with E-state index in [2.05, 4.69) is 95.7 Å². The van der Waals surface area contributed by atoms with Gasteiger partial charge in [-0.25, -0.2) is 0 Å². The third-order valence-corrected chi connectivity index (χ3v) is 4.14. The number of nitrogens with one attached hydrogen (secondary N) is 1. The van der Waals surface area contributed by atoms with E-state index in [1.165, 1.54) is 16.8 Å². The molecular weight excluding hydrogens is 324 g/mol. The summed E-state index contributed by atoms with van der Waals surface area (Å²) in [6.07, 6.45) is 1.00. The highest BCUT2D eigenvalue weighted by Crippen LogP contribution is 2.22. The van der Waals surface area contributed by atoms with Crippen LogP contribution in [0.5, 0.6) is 0 Å². The zero-order chi connectivity index (χ0) is 15.2. The van der Waals surface area contributed by atoms with Crippen molar-refractivity contribution in [1.29, 1.82) is 0 Å². The Morgan fingerprint density at radius 2 is 1.62 bits per heavy atom. The molecule has 2 nitrogen and oxygen atoms in total. The van der Waals surface area contributed by atoms with Crippen LogP contribution in [0.4, 0.5) is 5.69 Å². The number of anilines is 1. The Labute approximate surface area is 136 Å². The van der Waals surface area contributed by atoms with Crippen LogP contribution in [0, 0.1) is 0 Å². The monoisotopic (exact) mass is 346 g/mol. The Bertz CT molecular complexity index is 546. The van der Waals surface area contributed by atoms with Gasteiger partial charge in [-0.2, -0.15) is 0 Å². The summed E-state index contributed by atoms with van der Waals surface area (Å²) in [6, 6.07) is 17.7. The van der Waals surface area contributed by atoms with Crippen molar-refractivity contribution in [3.63, 3.8) is 0 Å². The standard InChI is InChI=1S/C18H23BrN2/c1-4-20-18(13-14-5-9-16(19)10-6-14)15-7-11-17(12-8-15)21(2)3/h5-12,18,20H,4,13H2,1-3H3. The Morgan fingerprint density at radius 1 is 1.00 bits per heavy atom. The van der Waals surface area contributed by atoms with Crippen LogP contribution >= 0.6 is 15.9 Å². The van der Waals surface area contributed by atoms with Gasteiger partial charge in [0.1, 0.15) is 0 Å². The van der Waals surface area contributed by atoms with Crippen molar-refractivity contribution in [2.45, 2.75) is 19.4 Å². The molecule has 0 saturated carbocycles. The van der Waals surface area contributed by atoms with Crippen LogP contribution in [0.2, 0.25) is 0 Å². The van der Waals surface area contributed by atoms with E-state index < -0.39 is 0 Å². The lowest BCUT2D eigenvalue weighted by Crippen LogP contribution is -2.23. The van der Waals surface area contributed by atoms with Gasteiger partial charge in [-0.3, -0.25) is 0 Å². The van der Waals surface area contributed by atoms with E-state index in [4.69, 9.17) is 0 Å². The summed E-state index contributed by atoms with van der Waals surface area (Å²) in [5.41, 5.74) is 3.92. The molecule has 2 aromatic rings. The lowest BCUT2D eigenvalue weighted by molar-refractivity contribution is 0.550. The highest BCUT2D eigenvalue weighted by Gasteiger charge is 2.11. The van der Waals surface area contributed by atoms with E-state index in [0.29, 0.717) is 6.04 Å². The molecule has 0 aliphatic carbocycles. The van der Waals surface area contributed by atoms with Crippen LogP contribution in [-0.2, 0) is 6.42 Å². The minimum absolute atomic E-state index is 0.354. The van der Waals surface area contributed by atoms with E-state index in [9.17, 15) is 0 Å². The van der Waals surface area contributed by atoms with Crippen LogP contribution in [0.25, 0.3) is 0 Å². The van der Waals surface area contributed by atoms with Crippen molar-refractivity contribution in [3.05, 3.63) is 64.1 Å². The maximum Gasteiger partial charge on any atom is 0.0361 e. The number of halogens is 1. The van der Waals surface area contributed by atoms with Gasteiger partial charge in [0.15, 0.2) is 0 Å². The summed E-state index contributed by atoms with van der Waals surface area (Å²) in [7, 11) is 4.14. The van der Waals surface area contributed by atoms with Crippen molar-refractivity contribution < 1.29 is 0 Å². The number of rotatable bonds is 6. The molecule has 0 radical (unpaired) electrons. The predicted molar refractivity (Wildman–Crippen MR) is 95.0 cm³/mol. The van der Waals surface area contributed by atoms with Crippen molar-refractivity contribution in [2.24, 2.45) is 0 Å². The van der Waals surface area contributed by atoms with Gasteiger partial charge in [-0.05, 0) is 48.4 Å². The zero-order valence-electron chi connectivity index (χ0n) is 12.9. The molecule has 0 fully saturated rings. The van der Waals surface area contributed by atoms with Gasteiger partial charge in [0.2, 0.25) is 0 Å². The molecule has 1 N–H and O–H groups in total. The minimum Gasteiger partial charge on any atom is -0.378 e. The topological polar surface area (TPSA) is 15.3 Å². The first-order valence-corrected chi connectivity index (χ1v) is 8.14. The Balaban J connectivity index is 2.15. The van der Waals surface area contributed by atoms with Crippen LogP contribution in [0.3, 0.4) is 0 Å². The van der Waals surface area contributed by atoms with E-state index in [1.54, 1.807) is 0 Å². The fourth-order valence-corrected chi connectivity index (χ4v) is 2.68. The number of hydrogen-bond donors (Lipinski definition) is 1. The molecule has 0 amide bonds. The van der Waals surface area contributed by atoms with Gasteiger partial charge >= 0.3 is 0 Å². The summed E-state index contributed by atoms with van der Waals surface area (Å²) in [5.74, 6) is 0.